The number of ether oxygens (including phenoxy) is 1. The molecule has 3 rings (SSSR count). The molecule has 2 aromatic rings. The molecule has 0 aliphatic carbocycles. The largest absolute Gasteiger partial charge is 0.495 e. The van der Waals surface area contributed by atoms with Crippen molar-refractivity contribution in [3.8, 4) is 5.75 Å². The van der Waals surface area contributed by atoms with Crippen molar-refractivity contribution in [3.05, 3.63) is 54.1 Å². The van der Waals surface area contributed by atoms with Gasteiger partial charge in [-0.15, -0.1) is 0 Å². The molecule has 0 spiro atoms. The smallest absolute Gasteiger partial charge is 0.142 e. The lowest BCUT2D eigenvalue weighted by Gasteiger charge is -2.24. The molecule has 0 amide bonds. The first kappa shape index (κ1) is 12.9. The van der Waals surface area contributed by atoms with Gasteiger partial charge in [0, 0.05) is 31.7 Å². The summed E-state index contributed by atoms with van der Waals surface area (Å²) in [6.45, 7) is 1.98. The van der Waals surface area contributed by atoms with Gasteiger partial charge in [0.2, 0.25) is 0 Å². The van der Waals surface area contributed by atoms with Crippen LogP contribution in [-0.2, 0) is 0 Å². The molecular formula is C17H20N2O. The summed E-state index contributed by atoms with van der Waals surface area (Å²) in [4.78, 5) is 2.27. The van der Waals surface area contributed by atoms with E-state index < -0.39 is 0 Å². The molecule has 3 nitrogen and oxygen atoms in total. The molecule has 1 unspecified atom stereocenters. The Morgan fingerprint density at radius 3 is 2.75 bits per heavy atom. The van der Waals surface area contributed by atoms with E-state index in [1.165, 1.54) is 11.3 Å². The molecule has 3 heteroatoms. The number of benzene rings is 2. The van der Waals surface area contributed by atoms with Crippen molar-refractivity contribution in [2.45, 2.75) is 5.92 Å². The second-order valence-electron chi connectivity index (χ2n) is 5.22. The van der Waals surface area contributed by atoms with Crippen LogP contribution < -0.4 is 15.0 Å². The van der Waals surface area contributed by atoms with Crippen LogP contribution in [-0.4, -0.2) is 27.2 Å². The summed E-state index contributed by atoms with van der Waals surface area (Å²) in [6, 6.07) is 16.7. The number of hydrogen-bond donors (Lipinski definition) is 1. The van der Waals surface area contributed by atoms with Gasteiger partial charge in [-0.3, -0.25) is 0 Å². The monoisotopic (exact) mass is 268 g/mol. The van der Waals surface area contributed by atoms with Gasteiger partial charge in [0.1, 0.15) is 5.75 Å². The van der Waals surface area contributed by atoms with Gasteiger partial charge in [0.15, 0.2) is 0 Å². The van der Waals surface area contributed by atoms with Crippen molar-refractivity contribution in [1.29, 1.82) is 0 Å². The number of para-hydroxylation sites is 3. The Kier molecular flexibility index (Phi) is 3.50. The van der Waals surface area contributed by atoms with E-state index in [0.29, 0.717) is 5.92 Å². The second-order valence-corrected chi connectivity index (χ2v) is 5.22. The van der Waals surface area contributed by atoms with E-state index in [9.17, 15) is 0 Å². The quantitative estimate of drug-likeness (QED) is 0.920. The molecule has 2 aromatic carbocycles. The zero-order chi connectivity index (χ0) is 13.9. The topological polar surface area (TPSA) is 24.5 Å². The molecule has 20 heavy (non-hydrogen) atoms. The number of nitrogens with zero attached hydrogens (tertiary/aromatic N) is 1. The van der Waals surface area contributed by atoms with E-state index in [-0.39, 0.29) is 0 Å². The van der Waals surface area contributed by atoms with Crippen LogP contribution in [0.3, 0.4) is 0 Å². The average Bonchev–Trinajstić information content (AvgIpc) is 2.90. The van der Waals surface area contributed by atoms with Crippen molar-refractivity contribution in [1.82, 2.24) is 0 Å². The lowest BCUT2D eigenvalue weighted by atomic mass is 10.0. The van der Waals surface area contributed by atoms with Crippen molar-refractivity contribution in [3.63, 3.8) is 0 Å². The fourth-order valence-corrected chi connectivity index (χ4v) is 2.89. The fraction of sp³-hybridized carbons (Fsp3) is 0.294. The lowest BCUT2D eigenvalue weighted by molar-refractivity contribution is 0.414. The minimum absolute atomic E-state index is 0.515. The number of methoxy groups -OCH3 is 1. The third-order valence-corrected chi connectivity index (χ3v) is 3.93. The molecule has 0 radical (unpaired) electrons. The normalized spacial score (nSPS) is 16.4. The molecule has 0 fully saturated rings. The standard InChI is InChI=1S/C17H20N2O/c1-19(16-9-5-6-10-17(16)20-2)12-13-11-18-15-8-4-3-7-14(13)15/h3-10,13,18H,11-12H2,1-2H3. The van der Waals surface area contributed by atoms with E-state index in [1.807, 2.05) is 12.1 Å². The van der Waals surface area contributed by atoms with Crippen LogP contribution in [0.25, 0.3) is 0 Å². The molecule has 1 atom stereocenters. The summed E-state index contributed by atoms with van der Waals surface area (Å²) in [6.07, 6.45) is 0. The maximum Gasteiger partial charge on any atom is 0.142 e. The van der Waals surface area contributed by atoms with Gasteiger partial charge in [-0.1, -0.05) is 30.3 Å². The van der Waals surface area contributed by atoms with E-state index in [1.54, 1.807) is 7.11 Å². The third kappa shape index (κ3) is 2.31. The molecule has 0 bridgehead atoms. The Bertz CT molecular complexity index is 597. The van der Waals surface area contributed by atoms with Crippen LogP contribution >= 0.6 is 0 Å². The van der Waals surface area contributed by atoms with E-state index in [4.69, 9.17) is 4.74 Å². The third-order valence-electron chi connectivity index (χ3n) is 3.93. The zero-order valence-electron chi connectivity index (χ0n) is 12.0. The number of fused-ring (bicyclic) bond motifs is 1. The predicted octanol–water partition coefficient (Wildman–Crippen LogP) is 3.34. The summed E-state index contributed by atoms with van der Waals surface area (Å²) >= 11 is 0. The van der Waals surface area contributed by atoms with Crippen molar-refractivity contribution in [2.24, 2.45) is 0 Å². The predicted molar refractivity (Wildman–Crippen MR) is 83.9 cm³/mol. The molecule has 104 valence electrons. The van der Waals surface area contributed by atoms with Crippen LogP contribution in [0.4, 0.5) is 11.4 Å². The van der Waals surface area contributed by atoms with E-state index >= 15 is 0 Å². The van der Waals surface area contributed by atoms with Crippen LogP contribution in [0.15, 0.2) is 48.5 Å². The summed E-state index contributed by atoms with van der Waals surface area (Å²) in [5.41, 5.74) is 3.82. The highest BCUT2D eigenvalue weighted by molar-refractivity contribution is 5.61. The number of hydrogen-bond acceptors (Lipinski definition) is 3. The molecule has 1 aliphatic heterocycles. The SMILES string of the molecule is COc1ccccc1N(C)CC1CNc2ccccc21. The number of anilines is 2. The fourth-order valence-electron chi connectivity index (χ4n) is 2.89. The molecule has 1 N–H and O–H groups in total. The van der Waals surface area contributed by atoms with Crippen LogP contribution in [0, 0.1) is 0 Å². The molecule has 1 heterocycles. The van der Waals surface area contributed by atoms with Crippen LogP contribution in [0.1, 0.15) is 11.5 Å². The Labute approximate surface area is 120 Å². The highest BCUT2D eigenvalue weighted by atomic mass is 16.5. The van der Waals surface area contributed by atoms with Gasteiger partial charge in [-0.25, -0.2) is 0 Å². The molecule has 0 saturated heterocycles. The highest BCUT2D eigenvalue weighted by Crippen LogP contribution is 2.34. The Balaban J connectivity index is 1.79. The van der Waals surface area contributed by atoms with Crippen LogP contribution in [0.2, 0.25) is 0 Å². The van der Waals surface area contributed by atoms with Crippen molar-refractivity contribution >= 4 is 11.4 Å². The minimum atomic E-state index is 0.515. The second kappa shape index (κ2) is 5.45. The Morgan fingerprint density at radius 2 is 1.90 bits per heavy atom. The summed E-state index contributed by atoms with van der Waals surface area (Å²) in [5.74, 6) is 1.44. The molecule has 0 saturated carbocycles. The highest BCUT2D eigenvalue weighted by Gasteiger charge is 2.23. The first-order chi connectivity index (χ1) is 9.79. The summed E-state index contributed by atoms with van der Waals surface area (Å²) in [7, 11) is 3.85. The maximum absolute atomic E-state index is 5.44. The first-order valence-corrected chi connectivity index (χ1v) is 6.96. The number of rotatable bonds is 4. The van der Waals surface area contributed by atoms with Gasteiger partial charge >= 0.3 is 0 Å². The van der Waals surface area contributed by atoms with Gasteiger partial charge in [0.25, 0.3) is 0 Å². The van der Waals surface area contributed by atoms with Crippen molar-refractivity contribution < 1.29 is 4.74 Å². The molecule has 0 aromatic heterocycles. The Hall–Kier alpha value is -2.16. The number of likely N-dealkylation sites (N-methyl/N-ethyl adjacent to an activating group) is 1. The van der Waals surface area contributed by atoms with E-state index in [2.05, 4.69) is 53.7 Å². The molecule has 1 aliphatic rings. The molecular weight excluding hydrogens is 248 g/mol. The lowest BCUT2D eigenvalue weighted by Crippen LogP contribution is -2.25. The summed E-state index contributed by atoms with van der Waals surface area (Å²) in [5, 5.41) is 3.48. The first-order valence-electron chi connectivity index (χ1n) is 6.96. The maximum atomic E-state index is 5.44. The van der Waals surface area contributed by atoms with E-state index in [0.717, 1.165) is 24.5 Å². The summed E-state index contributed by atoms with van der Waals surface area (Å²) < 4.78 is 5.44. The minimum Gasteiger partial charge on any atom is -0.495 e. The average molecular weight is 268 g/mol. The van der Waals surface area contributed by atoms with Gasteiger partial charge in [-0.2, -0.15) is 0 Å². The zero-order valence-corrected chi connectivity index (χ0v) is 12.0. The van der Waals surface area contributed by atoms with Gasteiger partial charge in [0.05, 0.1) is 12.8 Å². The van der Waals surface area contributed by atoms with Crippen LogP contribution in [0.5, 0.6) is 5.75 Å². The van der Waals surface area contributed by atoms with Crippen molar-refractivity contribution in [2.75, 3.05) is 37.5 Å². The Morgan fingerprint density at radius 1 is 1.15 bits per heavy atom. The van der Waals surface area contributed by atoms with Gasteiger partial charge < -0.3 is 15.0 Å². The van der Waals surface area contributed by atoms with Gasteiger partial charge in [-0.05, 0) is 23.8 Å². The number of nitrogens with one attached hydrogen (secondary N) is 1.